The van der Waals surface area contributed by atoms with Crippen molar-refractivity contribution in [3.8, 4) is 5.69 Å². The molecule has 0 saturated carbocycles. The first-order valence-electron chi connectivity index (χ1n) is 13.1. The lowest BCUT2D eigenvalue weighted by molar-refractivity contribution is -0.137. The third-order valence-electron chi connectivity index (χ3n) is 6.67. The van der Waals surface area contributed by atoms with Crippen LogP contribution in [0.2, 0.25) is 5.02 Å². The maximum Gasteiger partial charge on any atom is 0.416 e. The molecule has 6 nitrogen and oxygen atoms in total. The first kappa shape index (κ1) is 30.0. The van der Waals surface area contributed by atoms with E-state index in [-0.39, 0.29) is 34.7 Å². The topological polar surface area (TPSA) is 67.2 Å². The molecule has 0 radical (unpaired) electrons. The molecule has 0 aliphatic heterocycles. The number of benzene rings is 3. The van der Waals surface area contributed by atoms with Gasteiger partial charge in [-0.2, -0.15) is 13.2 Å². The molecule has 11 heteroatoms. The number of amides is 2. The van der Waals surface area contributed by atoms with E-state index in [1.54, 1.807) is 24.3 Å². The van der Waals surface area contributed by atoms with E-state index in [9.17, 15) is 27.2 Å². The standard InChI is InChI=1S/C30H29ClF4N4O2/c1-4-26(38(15-14-18(2)3)29(41)36-20-9-7-8-19(16-20)30(33,34)35)27-37-25-11-6-5-10-22(25)28(40)39(27)21-12-13-24(32)23(31)17-21/h5-13,16-18,26H,4,14-15H2,1-3H3,(H,36,41). The summed E-state index contributed by atoms with van der Waals surface area (Å²) in [5, 5.41) is 2.71. The Hall–Kier alpha value is -3.92. The Morgan fingerprint density at radius 1 is 1.07 bits per heavy atom. The fourth-order valence-electron chi connectivity index (χ4n) is 4.55. The normalized spacial score (nSPS) is 12.5. The maximum atomic E-state index is 14.0. The van der Waals surface area contributed by atoms with Gasteiger partial charge in [-0.15, -0.1) is 0 Å². The fraction of sp³-hybridized carbons (Fsp3) is 0.300. The van der Waals surface area contributed by atoms with Gasteiger partial charge in [-0.05, 0) is 67.3 Å². The summed E-state index contributed by atoms with van der Waals surface area (Å²) in [6, 6.07) is 13.5. The van der Waals surface area contributed by atoms with Gasteiger partial charge in [-0.3, -0.25) is 9.36 Å². The molecule has 4 aromatic rings. The number of para-hydroxylation sites is 1. The molecule has 2 amide bonds. The van der Waals surface area contributed by atoms with Crippen LogP contribution < -0.4 is 10.9 Å². The zero-order valence-corrected chi connectivity index (χ0v) is 23.4. The van der Waals surface area contributed by atoms with Gasteiger partial charge < -0.3 is 10.2 Å². The number of carbonyl (C=O) groups excluding carboxylic acids is 1. The number of urea groups is 1. The molecule has 41 heavy (non-hydrogen) atoms. The van der Waals surface area contributed by atoms with E-state index in [0.29, 0.717) is 23.7 Å². The van der Waals surface area contributed by atoms with Crippen molar-refractivity contribution in [2.45, 2.75) is 45.8 Å². The largest absolute Gasteiger partial charge is 0.416 e. The average Bonchev–Trinajstić information content (AvgIpc) is 2.92. The molecule has 0 spiro atoms. The van der Waals surface area contributed by atoms with Crippen LogP contribution >= 0.6 is 11.6 Å². The van der Waals surface area contributed by atoms with Crippen LogP contribution in [0, 0.1) is 11.7 Å². The third-order valence-corrected chi connectivity index (χ3v) is 6.96. The van der Waals surface area contributed by atoms with Gasteiger partial charge in [0.15, 0.2) is 0 Å². The summed E-state index contributed by atoms with van der Waals surface area (Å²) < 4.78 is 55.3. The Morgan fingerprint density at radius 3 is 2.46 bits per heavy atom. The number of halogens is 5. The number of hydrogen-bond donors (Lipinski definition) is 1. The Bertz CT molecular complexity index is 1620. The number of aromatic nitrogens is 2. The van der Waals surface area contributed by atoms with Gasteiger partial charge in [-0.1, -0.05) is 50.6 Å². The van der Waals surface area contributed by atoms with Gasteiger partial charge in [0.05, 0.1) is 33.2 Å². The summed E-state index contributed by atoms with van der Waals surface area (Å²) in [5.74, 6) is -0.259. The number of rotatable bonds is 8. The molecule has 3 aromatic carbocycles. The summed E-state index contributed by atoms with van der Waals surface area (Å²) in [7, 11) is 0. The van der Waals surface area contributed by atoms with Crippen molar-refractivity contribution >= 4 is 34.2 Å². The smallest absolute Gasteiger partial charge is 0.314 e. The highest BCUT2D eigenvalue weighted by Gasteiger charge is 2.32. The highest BCUT2D eigenvalue weighted by Crippen LogP contribution is 2.32. The number of nitrogens with one attached hydrogen (secondary N) is 1. The molecule has 1 atom stereocenters. The van der Waals surface area contributed by atoms with E-state index in [0.717, 1.165) is 18.2 Å². The quantitative estimate of drug-likeness (QED) is 0.211. The van der Waals surface area contributed by atoms with Gasteiger partial charge >= 0.3 is 12.2 Å². The SMILES string of the molecule is CCC(c1nc2ccccc2c(=O)n1-c1ccc(F)c(Cl)c1)N(CCC(C)C)C(=O)Nc1cccc(C(F)(F)F)c1. The van der Waals surface area contributed by atoms with Crippen LogP contribution in [-0.4, -0.2) is 27.0 Å². The van der Waals surface area contributed by atoms with Crippen LogP contribution in [0.4, 0.5) is 28.0 Å². The molecule has 1 N–H and O–H groups in total. The predicted octanol–water partition coefficient (Wildman–Crippen LogP) is 8.23. The third kappa shape index (κ3) is 6.70. The molecule has 1 aromatic heterocycles. The van der Waals surface area contributed by atoms with E-state index in [4.69, 9.17) is 16.6 Å². The highest BCUT2D eigenvalue weighted by molar-refractivity contribution is 6.30. The van der Waals surface area contributed by atoms with E-state index in [2.05, 4.69) is 5.32 Å². The van der Waals surface area contributed by atoms with Crippen LogP contribution in [0.5, 0.6) is 0 Å². The van der Waals surface area contributed by atoms with Crippen LogP contribution in [-0.2, 0) is 6.18 Å². The average molecular weight is 589 g/mol. The second kappa shape index (κ2) is 12.3. The van der Waals surface area contributed by atoms with Gasteiger partial charge in [-0.25, -0.2) is 14.2 Å². The van der Waals surface area contributed by atoms with Crippen LogP contribution in [0.3, 0.4) is 0 Å². The van der Waals surface area contributed by atoms with E-state index in [1.165, 1.54) is 33.7 Å². The molecule has 0 saturated heterocycles. The van der Waals surface area contributed by atoms with Gasteiger partial charge in [0.25, 0.3) is 5.56 Å². The Labute approximate surface area is 239 Å². The van der Waals surface area contributed by atoms with Crippen LogP contribution in [0.25, 0.3) is 16.6 Å². The number of anilines is 1. The summed E-state index contributed by atoms with van der Waals surface area (Å²) in [6.07, 6.45) is -3.69. The second-order valence-electron chi connectivity index (χ2n) is 10.0. The zero-order chi connectivity index (χ0) is 29.9. The monoisotopic (exact) mass is 588 g/mol. The van der Waals surface area contributed by atoms with Crippen molar-refractivity contribution in [1.82, 2.24) is 14.5 Å². The Balaban J connectivity index is 1.86. The van der Waals surface area contributed by atoms with Gasteiger partial charge in [0, 0.05) is 12.2 Å². The number of fused-ring (bicyclic) bond motifs is 1. The molecule has 1 heterocycles. The lowest BCUT2D eigenvalue weighted by Gasteiger charge is -2.33. The Kier molecular flexibility index (Phi) is 9.01. The molecule has 0 aliphatic carbocycles. The molecule has 216 valence electrons. The second-order valence-corrected chi connectivity index (χ2v) is 10.4. The molecule has 0 bridgehead atoms. The van der Waals surface area contributed by atoms with E-state index in [1.807, 2.05) is 20.8 Å². The van der Waals surface area contributed by atoms with Crippen molar-refractivity contribution in [1.29, 1.82) is 0 Å². The highest BCUT2D eigenvalue weighted by atomic mass is 35.5. The van der Waals surface area contributed by atoms with E-state index >= 15 is 0 Å². The van der Waals surface area contributed by atoms with Crippen molar-refractivity contribution in [3.05, 3.63) is 99.3 Å². The van der Waals surface area contributed by atoms with Crippen molar-refractivity contribution in [3.63, 3.8) is 0 Å². The fourth-order valence-corrected chi connectivity index (χ4v) is 4.73. The van der Waals surface area contributed by atoms with Crippen LogP contribution in [0.1, 0.15) is 51.0 Å². The number of nitrogens with zero attached hydrogens (tertiary/aromatic N) is 3. The van der Waals surface area contributed by atoms with Crippen molar-refractivity contribution < 1.29 is 22.4 Å². The predicted molar refractivity (Wildman–Crippen MR) is 152 cm³/mol. The minimum absolute atomic E-state index is 0.0246. The van der Waals surface area contributed by atoms with Crippen molar-refractivity contribution in [2.24, 2.45) is 5.92 Å². The van der Waals surface area contributed by atoms with E-state index < -0.39 is 35.2 Å². The lowest BCUT2D eigenvalue weighted by atomic mass is 10.1. The summed E-state index contributed by atoms with van der Waals surface area (Å²) >= 11 is 6.07. The summed E-state index contributed by atoms with van der Waals surface area (Å²) in [4.78, 5) is 33.8. The first-order valence-corrected chi connectivity index (χ1v) is 13.5. The minimum atomic E-state index is -4.58. The molecular weight excluding hydrogens is 560 g/mol. The zero-order valence-electron chi connectivity index (χ0n) is 22.7. The summed E-state index contributed by atoms with van der Waals surface area (Å²) in [6.45, 7) is 6.00. The molecule has 1 unspecified atom stereocenters. The van der Waals surface area contributed by atoms with Gasteiger partial charge in [0.1, 0.15) is 11.6 Å². The lowest BCUT2D eigenvalue weighted by Crippen LogP contribution is -2.41. The number of carbonyl (C=O) groups is 1. The number of alkyl halides is 3. The number of hydrogen-bond acceptors (Lipinski definition) is 3. The molecule has 0 fully saturated rings. The van der Waals surface area contributed by atoms with Crippen LogP contribution in [0.15, 0.2) is 71.5 Å². The summed E-state index contributed by atoms with van der Waals surface area (Å²) in [5.41, 5.74) is -0.695. The van der Waals surface area contributed by atoms with Crippen molar-refractivity contribution in [2.75, 3.05) is 11.9 Å². The minimum Gasteiger partial charge on any atom is -0.314 e. The van der Waals surface area contributed by atoms with Gasteiger partial charge in [0.2, 0.25) is 0 Å². The Morgan fingerprint density at radius 2 is 1.80 bits per heavy atom. The molecule has 4 rings (SSSR count). The molecule has 0 aliphatic rings. The molecular formula is C30H29ClF4N4O2. The maximum absolute atomic E-state index is 14.0. The first-order chi connectivity index (χ1) is 19.4.